The Balaban J connectivity index is 1.97. The summed E-state index contributed by atoms with van der Waals surface area (Å²) in [6.07, 6.45) is 5.09. The van der Waals surface area contributed by atoms with Crippen LogP contribution in [0.5, 0.6) is 0 Å². The van der Waals surface area contributed by atoms with Crippen LogP contribution in [0.4, 0.5) is 5.82 Å². The lowest BCUT2D eigenvalue weighted by Gasteiger charge is -2.12. The van der Waals surface area contributed by atoms with Crippen LogP contribution in [0.1, 0.15) is 23.2 Å². The molecule has 3 N–H and O–H groups in total. The largest absolute Gasteiger partial charge is 0.469 e. The van der Waals surface area contributed by atoms with Crippen molar-refractivity contribution in [2.24, 2.45) is 0 Å². The zero-order valence-electron chi connectivity index (χ0n) is 9.96. The van der Waals surface area contributed by atoms with E-state index in [1.165, 1.54) is 12.4 Å². The topological polar surface area (TPSA) is 94.0 Å². The quantitative estimate of drug-likeness (QED) is 0.839. The molecule has 0 spiro atoms. The van der Waals surface area contributed by atoms with Gasteiger partial charge in [0.15, 0.2) is 11.5 Å². The summed E-state index contributed by atoms with van der Waals surface area (Å²) in [4.78, 5) is 19.6. The maximum absolute atomic E-state index is 11.9. The molecule has 2 rings (SSSR count). The first-order chi connectivity index (χ1) is 8.66. The fourth-order valence-electron chi connectivity index (χ4n) is 1.60. The molecule has 2 aromatic rings. The SMILES string of the molecule is C[C@H](Cc1ccco1)NC(=O)c1nccnc1N. The monoisotopic (exact) mass is 246 g/mol. The lowest BCUT2D eigenvalue weighted by Crippen LogP contribution is -2.35. The van der Waals surface area contributed by atoms with Crippen LogP contribution in [-0.2, 0) is 6.42 Å². The van der Waals surface area contributed by atoms with Crippen LogP contribution in [-0.4, -0.2) is 21.9 Å². The number of nitrogens with zero attached hydrogens (tertiary/aromatic N) is 2. The standard InChI is InChI=1S/C12H14N4O2/c1-8(7-9-3-2-6-18-9)16-12(17)10-11(13)15-5-4-14-10/h2-6,8H,7H2,1H3,(H2,13,15)(H,16,17)/t8-/m1/s1. The van der Waals surface area contributed by atoms with Crippen molar-refractivity contribution in [3.63, 3.8) is 0 Å². The van der Waals surface area contributed by atoms with E-state index in [1.807, 2.05) is 19.1 Å². The highest BCUT2D eigenvalue weighted by atomic mass is 16.3. The highest BCUT2D eigenvalue weighted by molar-refractivity contribution is 5.96. The van der Waals surface area contributed by atoms with E-state index in [0.29, 0.717) is 6.42 Å². The van der Waals surface area contributed by atoms with E-state index in [0.717, 1.165) is 5.76 Å². The molecule has 0 aliphatic carbocycles. The number of furan rings is 1. The number of carbonyl (C=O) groups is 1. The minimum absolute atomic E-state index is 0.0787. The van der Waals surface area contributed by atoms with Gasteiger partial charge in [0.25, 0.3) is 5.91 Å². The molecule has 6 heteroatoms. The van der Waals surface area contributed by atoms with Crippen molar-refractivity contribution in [2.45, 2.75) is 19.4 Å². The van der Waals surface area contributed by atoms with Gasteiger partial charge in [-0.3, -0.25) is 4.79 Å². The number of hydrogen-bond acceptors (Lipinski definition) is 5. The molecule has 1 atom stereocenters. The van der Waals surface area contributed by atoms with E-state index in [9.17, 15) is 4.79 Å². The lowest BCUT2D eigenvalue weighted by molar-refractivity contribution is 0.0935. The van der Waals surface area contributed by atoms with Crippen molar-refractivity contribution in [2.75, 3.05) is 5.73 Å². The Labute approximate surface area is 104 Å². The zero-order valence-corrected chi connectivity index (χ0v) is 9.96. The molecule has 0 radical (unpaired) electrons. The normalized spacial score (nSPS) is 12.1. The molecule has 18 heavy (non-hydrogen) atoms. The number of hydrogen-bond donors (Lipinski definition) is 2. The lowest BCUT2D eigenvalue weighted by atomic mass is 10.2. The minimum Gasteiger partial charge on any atom is -0.469 e. The Morgan fingerprint density at radius 3 is 2.94 bits per heavy atom. The van der Waals surface area contributed by atoms with Gasteiger partial charge in [-0.1, -0.05) is 0 Å². The molecule has 0 aliphatic heterocycles. The number of amides is 1. The minimum atomic E-state index is -0.334. The zero-order chi connectivity index (χ0) is 13.0. The smallest absolute Gasteiger partial charge is 0.273 e. The second-order valence-electron chi connectivity index (χ2n) is 3.95. The molecule has 0 unspecified atom stereocenters. The maximum Gasteiger partial charge on any atom is 0.273 e. The summed E-state index contributed by atoms with van der Waals surface area (Å²) in [7, 11) is 0. The fraction of sp³-hybridized carbons (Fsp3) is 0.250. The number of rotatable bonds is 4. The van der Waals surface area contributed by atoms with Crippen LogP contribution >= 0.6 is 0 Å². The van der Waals surface area contributed by atoms with Crippen molar-refractivity contribution in [3.8, 4) is 0 Å². The molecule has 0 aromatic carbocycles. The van der Waals surface area contributed by atoms with Gasteiger partial charge in [-0.15, -0.1) is 0 Å². The summed E-state index contributed by atoms with van der Waals surface area (Å²) in [5.74, 6) is 0.606. The number of aromatic nitrogens is 2. The Kier molecular flexibility index (Phi) is 3.57. The average Bonchev–Trinajstić information content (AvgIpc) is 2.82. The van der Waals surface area contributed by atoms with E-state index in [2.05, 4.69) is 15.3 Å². The molecular weight excluding hydrogens is 232 g/mol. The second kappa shape index (κ2) is 5.31. The average molecular weight is 246 g/mol. The maximum atomic E-state index is 11.9. The van der Waals surface area contributed by atoms with Gasteiger partial charge in [0, 0.05) is 24.9 Å². The predicted octanol–water partition coefficient (Wildman–Crippen LogP) is 1.01. The Bertz CT molecular complexity index is 525. The molecule has 0 saturated heterocycles. The van der Waals surface area contributed by atoms with Crippen LogP contribution in [0.15, 0.2) is 35.2 Å². The summed E-state index contributed by atoms with van der Waals surface area (Å²) in [6, 6.07) is 3.59. The Morgan fingerprint density at radius 2 is 2.28 bits per heavy atom. The summed E-state index contributed by atoms with van der Waals surface area (Å²) < 4.78 is 5.21. The first-order valence-electron chi connectivity index (χ1n) is 5.56. The third kappa shape index (κ3) is 2.85. The van der Waals surface area contributed by atoms with Gasteiger partial charge < -0.3 is 15.5 Å². The van der Waals surface area contributed by atoms with E-state index < -0.39 is 0 Å². The Morgan fingerprint density at radius 1 is 1.50 bits per heavy atom. The third-order valence-corrected chi connectivity index (χ3v) is 2.41. The van der Waals surface area contributed by atoms with Crippen LogP contribution in [0.2, 0.25) is 0 Å². The Hall–Kier alpha value is -2.37. The third-order valence-electron chi connectivity index (χ3n) is 2.41. The molecular formula is C12H14N4O2. The predicted molar refractivity (Wildman–Crippen MR) is 65.8 cm³/mol. The molecule has 0 aliphatic rings. The number of nitrogens with two attached hydrogens (primary N) is 1. The number of nitrogens with one attached hydrogen (secondary N) is 1. The van der Waals surface area contributed by atoms with Gasteiger partial charge in [0.2, 0.25) is 0 Å². The second-order valence-corrected chi connectivity index (χ2v) is 3.95. The molecule has 94 valence electrons. The van der Waals surface area contributed by atoms with Crippen molar-refractivity contribution in [1.82, 2.24) is 15.3 Å². The van der Waals surface area contributed by atoms with E-state index in [-0.39, 0.29) is 23.5 Å². The first kappa shape index (κ1) is 12.1. The van der Waals surface area contributed by atoms with E-state index >= 15 is 0 Å². The van der Waals surface area contributed by atoms with Crippen LogP contribution in [0.3, 0.4) is 0 Å². The van der Waals surface area contributed by atoms with Gasteiger partial charge in [-0.2, -0.15) is 0 Å². The number of anilines is 1. The highest BCUT2D eigenvalue weighted by Crippen LogP contribution is 2.06. The molecule has 6 nitrogen and oxygen atoms in total. The van der Waals surface area contributed by atoms with Gasteiger partial charge in [-0.05, 0) is 19.1 Å². The summed E-state index contributed by atoms with van der Waals surface area (Å²) >= 11 is 0. The van der Waals surface area contributed by atoms with Gasteiger partial charge in [-0.25, -0.2) is 9.97 Å². The molecule has 1 amide bonds. The van der Waals surface area contributed by atoms with Crippen molar-refractivity contribution < 1.29 is 9.21 Å². The van der Waals surface area contributed by atoms with Gasteiger partial charge in [0.1, 0.15) is 5.76 Å². The fourth-order valence-corrected chi connectivity index (χ4v) is 1.60. The van der Waals surface area contributed by atoms with E-state index in [1.54, 1.807) is 6.26 Å². The number of nitrogen functional groups attached to an aromatic ring is 1. The molecule has 0 fully saturated rings. The number of carbonyl (C=O) groups excluding carboxylic acids is 1. The molecule has 0 bridgehead atoms. The summed E-state index contributed by atoms with van der Waals surface area (Å²) in [5, 5.41) is 2.79. The van der Waals surface area contributed by atoms with Gasteiger partial charge >= 0.3 is 0 Å². The van der Waals surface area contributed by atoms with Crippen molar-refractivity contribution >= 4 is 11.7 Å². The van der Waals surface area contributed by atoms with Crippen LogP contribution < -0.4 is 11.1 Å². The summed E-state index contributed by atoms with van der Waals surface area (Å²) in [6.45, 7) is 1.88. The molecule has 0 saturated carbocycles. The summed E-state index contributed by atoms with van der Waals surface area (Å²) in [5.41, 5.74) is 5.72. The van der Waals surface area contributed by atoms with Gasteiger partial charge in [0.05, 0.1) is 6.26 Å². The highest BCUT2D eigenvalue weighted by Gasteiger charge is 2.15. The van der Waals surface area contributed by atoms with Crippen LogP contribution in [0.25, 0.3) is 0 Å². The van der Waals surface area contributed by atoms with E-state index in [4.69, 9.17) is 10.2 Å². The molecule has 2 aromatic heterocycles. The van der Waals surface area contributed by atoms with Crippen LogP contribution in [0, 0.1) is 0 Å². The van der Waals surface area contributed by atoms with Crippen molar-refractivity contribution in [3.05, 3.63) is 42.2 Å². The molecule has 2 heterocycles. The van der Waals surface area contributed by atoms with Crippen molar-refractivity contribution in [1.29, 1.82) is 0 Å². The first-order valence-corrected chi connectivity index (χ1v) is 5.56.